The molecule has 2 N–H and O–H groups in total. The smallest absolute Gasteiger partial charge is 0.0575 e. The Hall–Kier alpha value is -0.580. The molecule has 0 spiro atoms. The second kappa shape index (κ2) is 4.60. The number of benzene rings is 1. The van der Waals surface area contributed by atoms with Gasteiger partial charge >= 0.3 is 0 Å². The number of nitrogens with two attached hydrogens (primary N) is 1. The SMILES string of the molecule is CON(C)Cc1ccc(Br)c(N)c1. The highest BCUT2D eigenvalue weighted by Gasteiger charge is 2.00. The molecular weight excluding hydrogens is 232 g/mol. The fourth-order valence-corrected chi connectivity index (χ4v) is 1.26. The Morgan fingerprint density at radius 3 is 2.77 bits per heavy atom. The average Bonchev–Trinajstić information content (AvgIpc) is 2.11. The Bertz CT molecular complexity index is 291. The summed E-state index contributed by atoms with van der Waals surface area (Å²) < 4.78 is 0.927. The molecule has 13 heavy (non-hydrogen) atoms. The molecule has 0 aromatic heterocycles. The molecule has 0 saturated heterocycles. The van der Waals surface area contributed by atoms with Crippen LogP contribution in [0, 0.1) is 0 Å². The lowest BCUT2D eigenvalue weighted by Gasteiger charge is -2.13. The van der Waals surface area contributed by atoms with Gasteiger partial charge < -0.3 is 10.6 Å². The number of hydrogen-bond acceptors (Lipinski definition) is 3. The normalized spacial score (nSPS) is 10.8. The van der Waals surface area contributed by atoms with Crippen molar-refractivity contribution in [3.05, 3.63) is 28.2 Å². The van der Waals surface area contributed by atoms with E-state index in [2.05, 4.69) is 15.9 Å². The first kappa shape index (κ1) is 10.5. The van der Waals surface area contributed by atoms with E-state index in [4.69, 9.17) is 10.6 Å². The molecule has 0 aliphatic heterocycles. The summed E-state index contributed by atoms with van der Waals surface area (Å²) in [5.74, 6) is 0. The van der Waals surface area contributed by atoms with Crippen LogP contribution < -0.4 is 5.73 Å². The van der Waals surface area contributed by atoms with E-state index in [1.54, 1.807) is 12.2 Å². The lowest BCUT2D eigenvalue weighted by molar-refractivity contribution is -0.116. The highest BCUT2D eigenvalue weighted by Crippen LogP contribution is 2.20. The second-order valence-electron chi connectivity index (χ2n) is 2.82. The van der Waals surface area contributed by atoms with Gasteiger partial charge in [-0.1, -0.05) is 6.07 Å². The summed E-state index contributed by atoms with van der Waals surface area (Å²) in [6.07, 6.45) is 0. The molecule has 0 unspecified atom stereocenters. The van der Waals surface area contributed by atoms with E-state index in [0.29, 0.717) is 0 Å². The van der Waals surface area contributed by atoms with Crippen molar-refractivity contribution in [2.45, 2.75) is 6.54 Å². The monoisotopic (exact) mass is 244 g/mol. The predicted octanol–water partition coefficient (Wildman–Crippen LogP) is 2.02. The van der Waals surface area contributed by atoms with Gasteiger partial charge in [-0.2, -0.15) is 5.06 Å². The molecule has 72 valence electrons. The molecule has 0 saturated carbocycles. The van der Waals surface area contributed by atoms with Crippen LogP contribution in [0.4, 0.5) is 5.69 Å². The van der Waals surface area contributed by atoms with Gasteiger partial charge in [0, 0.05) is 23.8 Å². The van der Waals surface area contributed by atoms with Crippen LogP contribution in [0.25, 0.3) is 0 Å². The van der Waals surface area contributed by atoms with Crippen molar-refractivity contribution in [1.29, 1.82) is 0 Å². The van der Waals surface area contributed by atoms with Crippen molar-refractivity contribution in [2.75, 3.05) is 19.9 Å². The zero-order valence-electron chi connectivity index (χ0n) is 7.75. The summed E-state index contributed by atoms with van der Waals surface area (Å²) in [5, 5.41) is 1.74. The first-order valence-electron chi connectivity index (χ1n) is 3.92. The average molecular weight is 245 g/mol. The summed E-state index contributed by atoms with van der Waals surface area (Å²) >= 11 is 3.34. The Kier molecular flexibility index (Phi) is 3.71. The van der Waals surface area contributed by atoms with Gasteiger partial charge in [-0.05, 0) is 33.6 Å². The molecule has 4 heteroatoms. The molecule has 0 bridgehead atoms. The standard InChI is InChI=1S/C9H13BrN2O/c1-12(13-2)6-7-3-4-8(10)9(11)5-7/h3-5H,6,11H2,1-2H3. The summed E-state index contributed by atoms with van der Waals surface area (Å²) in [6, 6.07) is 5.88. The first-order chi connectivity index (χ1) is 6.13. The van der Waals surface area contributed by atoms with Crippen LogP contribution in [0.1, 0.15) is 5.56 Å². The minimum absolute atomic E-state index is 0.730. The second-order valence-corrected chi connectivity index (χ2v) is 3.68. The van der Waals surface area contributed by atoms with Crippen LogP contribution in [0.5, 0.6) is 0 Å². The Morgan fingerprint density at radius 1 is 1.54 bits per heavy atom. The summed E-state index contributed by atoms with van der Waals surface area (Å²) in [5.41, 5.74) is 7.61. The molecule has 1 aromatic carbocycles. The molecule has 1 aromatic rings. The number of nitrogens with zero attached hydrogens (tertiary/aromatic N) is 1. The Labute approximate surface area is 86.6 Å². The number of rotatable bonds is 3. The highest BCUT2D eigenvalue weighted by atomic mass is 79.9. The van der Waals surface area contributed by atoms with E-state index in [0.717, 1.165) is 22.3 Å². The maximum absolute atomic E-state index is 5.73. The predicted molar refractivity (Wildman–Crippen MR) is 57.0 cm³/mol. The molecule has 0 fully saturated rings. The van der Waals surface area contributed by atoms with Crippen molar-refractivity contribution in [3.63, 3.8) is 0 Å². The van der Waals surface area contributed by atoms with E-state index < -0.39 is 0 Å². The van der Waals surface area contributed by atoms with E-state index in [1.807, 2.05) is 25.2 Å². The Morgan fingerprint density at radius 2 is 2.23 bits per heavy atom. The minimum Gasteiger partial charge on any atom is -0.398 e. The van der Waals surface area contributed by atoms with Gasteiger partial charge in [-0.3, -0.25) is 0 Å². The third-order valence-electron chi connectivity index (χ3n) is 1.78. The van der Waals surface area contributed by atoms with E-state index >= 15 is 0 Å². The van der Waals surface area contributed by atoms with Gasteiger partial charge in [-0.25, -0.2) is 0 Å². The zero-order valence-corrected chi connectivity index (χ0v) is 9.34. The van der Waals surface area contributed by atoms with E-state index in [1.165, 1.54) is 0 Å². The molecule has 0 radical (unpaired) electrons. The highest BCUT2D eigenvalue weighted by molar-refractivity contribution is 9.10. The van der Waals surface area contributed by atoms with Crippen molar-refractivity contribution in [1.82, 2.24) is 5.06 Å². The van der Waals surface area contributed by atoms with Crippen molar-refractivity contribution >= 4 is 21.6 Å². The number of nitrogen functional groups attached to an aromatic ring is 1. The van der Waals surface area contributed by atoms with Gasteiger partial charge in [0.2, 0.25) is 0 Å². The molecule has 3 nitrogen and oxygen atoms in total. The van der Waals surface area contributed by atoms with Gasteiger partial charge in [0.1, 0.15) is 0 Å². The van der Waals surface area contributed by atoms with Crippen molar-refractivity contribution in [2.24, 2.45) is 0 Å². The fraction of sp³-hybridized carbons (Fsp3) is 0.333. The largest absolute Gasteiger partial charge is 0.398 e. The third-order valence-corrected chi connectivity index (χ3v) is 2.50. The van der Waals surface area contributed by atoms with Gasteiger partial charge in [-0.15, -0.1) is 0 Å². The minimum atomic E-state index is 0.730. The zero-order chi connectivity index (χ0) is 9.84. The number of hydrogen-bond donors (Lipinski definition) is 1. The maximum Gasteiger partial charge on any atom is 0.0575 e. The number of hydroxylamine groups is 2. The molecule has 0 aliphatic rings. The van der Waals surface area contributed by atoms with Crippen molar-refractivity contribution < 1.29 is 4.84 Å². The number of anilines is 1. The van der Waals surface area contributed by atoms with Crippen LogP contribution in [-0.4, -0.2) is 19.2 Å². The van der Waals surface area contributed by atoms with Crippen LogP contribution in [0.2, 0.25) is 0 Å². The van der Waals surface area contributed by atoms with Crippen LogP contribution >= 0.6 is 15.9 Å². The maximum atomic E-state index is 5.73. The topological polar surface area (TPSA) is 38.5 Å². The third kappa shape index (κ3) is 2.99. The fourth-order valence-electron chi connectivity index (χ4n) is 1.01. The quantitative estimate of drug-likeness (QED) is 0.654. The van der Waals surface area contributed by atoms with Crippen LogP contribution in [-0.2, 0) is 11.4 Å². The molecular formula is C9H13BrN2O. The summed E-state index contributed by atoms with van der Waals surface area (Å²) in [7, 11) is 3.51. The van der Waals surface area contributed by atoms with Gasteiger partial charge in [0.05, 0.1) is 7.11 Å². The van der Waals surface area contributed by atoms with E-state index in [9.17, 15) is 0 Å². The lowest BCUT2D eigenvalue weighted by Crippen LogP contribution is -2.15. The van der Waals surface area contributed by atoms with Gasteiger partial charge in [0.15, 0.2) is 0 Å². The first-order valence-corrected chi connectivity index (χ1v) is 4.72. The summed E-state index contributed by atoms with van der Waals surface area (Å²) in [6.45, 7) is 0.730. The van der Waals surface area contributed by atoms with Gasteiger partial charge in [0.25, 0.3) is 0 Å². The van der Waals surface area contributed by atoms with Crippen LogP contribution in [0.3, 0.4) is 0 Å². The number of halogens is 1. The molecule has 0 atom stereocenters. The summed E-state index contributed by atoms with van der Waals surface area (Å²) in [4.78, 5) is 5.00. The van der Waals surface area contributed by atoms with E-state index in [-0.39, 0.29) is 0 Å². The molecule has 0 heterocycles. The Balaban J connectivity index is 2.73. The molecule has 0 aliphatic carbocycles. The van der Waals surface area contributed by atoms with Crippen LogP contribution in [0.15, 0.2) is 22.7 Å². The lowest BCUT2D eigenvalue weighted by atomic mass is 10.2. The molecule has 1 rings (SSSR count). The molecule has 0 amide bonds. The van der Waals surface area contributed by atoms with Crippen molar-refractivity contribution in [3.8, 4) is 0 Å².